The Kier molecular flexibility index (Phi) is 5.98. The summed E-state index contributed by atoms with van der Waals surface area (Å²) >= 11 is 0. The highest BCUT2D eigenvalue weighted by molar-refractivity contribution is 5.98. The SMILES string of the molecule is Cc1cc(N2CCN(C(=O)CCC(=O)c3ccc(F)cc3)CC2)nc2c(C)cccc12. The smallest absolute Gasteiger partial charge is 0.223 e. The van der Waals surface area contributed by atoms with Gasteiger partial charge in [-0.2, -0.15) is 0 Å². The van der Waals surface area contributed by atoms with E-state index in [4.69, 9.17) is 4.98 Å². The van der Waals surface area contributed by atoms with E-state index in [1.807, 2.05) is 4.90 Å². The Morgan fingerprint density at radius 3 is 2.35 bits per heavy atom. The molecule has 1 saturated heterocycles. The number of carbonyl (C=O) groups excluding carboxylic acids is 2. The molecule has 6 heteroatoms. The molecule has 160 valence electrons. The van der Waals surface area contributed by atoms with Crippen LogP contribution >= 0.6 is 0 Å². The summed E-state index contributed by atoms with van der Waals surface area (Å²) in [5.74, 6) is 0.404. The molecule has 2 heterocycles. The van der Waals surface area contributed by atoms with Gasteiger partial charge in [-0.1, -0.05) is 18.2 Å². The van der Waals surface area contributed by atoms with E-state index >= 15 is 0 Å². The van der Waals surface area contributed by atoms with E-state index in [0.717, 1.165) is 16.9 Å². The number of fused-ring (bicyclic) bond motifs is 1. The lowest BCUT2D eigenvalue weighted by molar-refractivity contribution is -0.131. The van der Waals surface area contributed by atoms with Crippen molar-refractivity contribution in [1.29, 1.82) is 0 Å². The molecule has 1 aliphatic heterocycles. The van der Waals surface area contributed by atoms with Crippen LogP contribution in [0.2, 0.25) is 0 Å². The molecule has 31 heavy (non-hydrogen) atoms. The molecule has 0 saturated carbocycles. The summed E-state index contributed by atoms with van der Waals surface area (Å²) in [6.07, 6.45) is 0.304. The fourth-order valence-corrected chi connectivity index (χ4v) is 4.05. The second kappa shape index (κ2) is 8.84. The molecule has 4 rings (SSSR count). The van der Waals surface area contributed by atoms with Crippen molar-refractivity contribution in [1.82, 2.24) is 9.88 Å². The minimum absolute atomic E-state index is 0.0198. The lowest BCUT2D eigenvalue weighted by atomic mass is 10.1. The second-order valence-electron chi connectivity index (χ2n) is 8.07. The maximum atomic E-state index is 13.0. The summed E-state index contributed by atoms with van der Waals surface area (Å²) in [5.41, 5.74) is 3.81. The van der Waals surface area contributed by atoms with E-state index in [9.17, 15) is 14.0 Å². The van der Waals surface area contributed by atoms with Crippen LogP contribution in [0.15, 0.2) is 48.5 Å². The largest absolute Gasteiger partial charge is 0.353 e. The molecule has 2 aromatic carbocycles. The number of Topliss-reactive ketones (excluding diaryl/α,β-unsaturated/α-hetero) is 1. The van der Waals surface area contributed by atoms with Crippen LogP contribution in [0.3, 0.4) is 0 Å². The van der Waals surface area contributed by atoms with Crippen LogP contribution in [0.5, 0.6) is 0 Å². The Morgan fingerprint density at radius 2 is 1.65 bits per heavy atom. The summed E-state index contributed by atoms with van der Waals surface area (Å²) in [6.45, 7) is 6.81. The zero-order chi connectivity index (χ0) is 22.0. The van der Waals surface area contributed by atoms with Gasteiger partial charge in [0, 0.05) is 50.0 Å². The molecular formula is C25H26FN3O2. The summed E-state index contributed by atoms with van der Waals surface area (Å²) in [5, 5.41) is 1.17. The molecule has 0 unspecified atom stereocenters. The highest BCUT2D eigenvalue weighted by Crippen LogP contribution is 2.25. The van der Waals surface area contributed by atoms with Crippen molar-refractivity contribution in [3.63, 3.8) is 0 Å². The van der Waals surface area contributed by atoms with Crippen molar-refractivity contribution in [3.05, 3.63) is 71.0 Å². The summed E-state index contributed by atoms with van der Waals surface area (Å²) in [4.78, 5) is 33.7. The van der Waals surface area contributed by atoms with Crippen LogP contribution in [0.4, 0.5) is 10.2 Å². The number of carbonyl (C=O) groups is 2. The Bertz CT molecular complexity index is 1120. The third kappa shape index (κ3) is 4.58. The monoisotopic (exact) mass is 419 g/mol. The Balaban J connectivity index is 1.34. The standard InChI is InChI=1S/C25H26FN3O2/c1-17-4-3-5-21-18(2)16-23(27-25(17)21)28-12-14-29(15-13-28)24(31)11-10-22(30)19-6-8-20(26)9-7-19/h3-9,16H,10-15H2,1-2H3. The number of rotatable bonds is 5. The van der Waals surface area contributed by atoms with E-state index in [-0.39, 0.29) is 30.3 Å². The van der Waals surface area contributed by atoms with Crippen LogP contribution in [0.1, 0.15) is 34.3 Å². The number of aryl methyl sites for hydroxylation is 2. The molecule has 0 radical (unpaired) electrons. The maximum absolute atomic E-state index is 13.0. The van der Waals surface area contributed by atoms with Gasteiger partial charge in [-0.15, -0.1) is 0 Å². The number of halogens is 1. The number of benzene rings is 2. The van der Waals surface area contributed by atoms with Gasteiger partial charge in [0.2, 0.25) is 5.91 Å². The van der Waals surface area contributed by atoms with E-state index < -0.39 is 0 Å². The average Bonchev–Trinajstić information content (AvgIpc) is 2.78. The molecule has 1 aromatic heterocycles. The molecule has 0 N–H and O–H groups in total. The number of para-hydroxylation sites is 1. The summed E-state index contributed by atoms with van der Waals surface area (Å²) < 4.78 is 13.0. The average molecular weight is 420 g/mol. The van der Waals surface area contributed by atoms with Gasteiger partial charge >= 0.3 is 0 Å². The van der Waals surface area contributed by atoms with Gasteiger partial charge in [0.1, 0.15) is 11.6 Å². The minimum Gasteiger partial charge on any atom is -0.353 e. The van der Waals surface area contributed by atoms with Crippen molar-refractivity contribution >= 4 is 28.4 Å². The van der Waals surface area contributed by atoms with Crippen molar-refractivity contribution in [2.24, 2.45) is 0 Å². The summed E-state index contributed by atoms with van der Waals surface area (Å²) in [7, 11) is 0. The Morgan fingerprint density at radius 1 is 0.935 bits per heavy atom. The normalized spacial score (nSPS) is 14.2. The van der Waals surface area contributed by atoms with Gasteiger partial charge in [-0.3, -0.25) is 9.59 Å². The number of pyridine rings is 1. The topological polar surface area (TPSA) is 53.5 Å². The van der Waals surface area contributed by atoms with E-state index in [1.165, 1.54) is 35.2 Å². The van der Waals surface area contributed by atoms with Crippen LogP contribution in [0, 0.1) is 19.7 Å². The number of hydrogen-bond donors (Lipinski definition) is 0. The molecule has 0 spiro atoms. The zero-order valence-electron chi connectivity index (χ0n) is 17.9. The Labute approximate surface area is 181 Å². The lowest BCUT2D eigenvalue weighted by Crippen LogP contribution is -2.49. The van der Waals surface area contributed by atoms with E-state index in [0.29, 0.717) is 31.7 Å². The first-order chi connectivity index (χ1) is 14.9. The van der Waals surface area contributed by atoms with Gasteiger partial charge in [-0.05, 0) is 55.3 Å². The lowest BCUT2D eigenvalue weighted by Gasteiger charge is -2.35. The molecule has 3 aromatic rings. The number of anilines is 1. The van der Waals surface area contributed by atoms with Gasteiger partial charge in [-0.25, -0.2) is 9.37 Å². The molecule has 1 fully saturated rings. The van der Waals surface area contributed by atoms with Crippen molar-refractivity contribution in [2.45, 2.75) is 26.7 Å². The number of aromatic nitrogens is 1. The van der Waals surface area contributed by atoms with Gasteiger partial charge < -0.3 is 9.80 Å². The Hall–Kier alpha value is -3.28. The highest BCUT2D eigenvalue weighted by Gasteiger charge is 2.23. The van der Waals surface area contributed by atoms with Crippen LogP contribution in [0.25, 0.3) is 10.9 Å². The number of amides is 1. The van der Waals surface area contributed by atoms with Crippen molar-refractivity contribution in [3.8, 4) is 0 Å². The fourth-order valence-electron chi connectivity index (χ4n) is 4.05. The van der Waals surface area contributed by atoms with E-state index in [2.05, 4.69) is 43.0 Å². The fraction of sp³-hybridized carbons (Fsp3) is 0.320. The maximum Gasteiger partial charge on any atom is 0.223 e. The number of piperazine rings is 1. The van der Waals surface area contributed by atoms with Gasteiger partial charge in [0.15, 0.2) is 5.78 Å². The summed E-state index contributed by atoms with van der Waals surface area (Å²) in [6, 6.07) is 13.8. The third-order valence-electron chi connectivity index (χ3n) is 5.92. The predicted molar refractivity (Wildman–Crippen MR) is 120 cm³/mol. The molecule has 1 aliphatic rings. The molecule has 0 aliphatic carbocycles. The quantitative estimate of drug-likeness (QED) is 0.579. The minimum atomic E-state index is -0.378. The molecule has 1 amide bonds. The van der Waals surface area contributed by atoms with Crippen molar-refractivity contribution in [2.75, 3.05) is 31.1 Å². The number of nitrogens with zero attached hydrogens (tertiary/aromatic N) is 3. The molecule has 5 nitrogen and oxygen atoms in total. The van der Waals surface area contributed by atoms with Gasteiger partial charge in [0.25, 0.3) is 0 Å². The number of ketones is 1. The second-order valence-corrected chi connectivity index (χ2v) is 8.07. The zero-order valence-corrected chi connectivity index (χ0v) is 17.9. The first kappa shape index (κ1) is 21.0. The predicted octanol–water partition coefficient (Wildman–Crippen LogP) is 4.30. The van der Waals surface area contributed by atoms with Crippen LogP contribution < -0.4 is 4.90 Å². The van der Waals surface area contributed by atoms with E-state index in [1.54, 1.807) is 0 Å². The molecule has 0 atom stereocenters. The van der Waals surface area contributed by atoms with Crippen LogP contribution in [-0.2, 0) is 4.79 Å². The molecular weight excluding hydrogens is 393 g/mol. The van der Waals surface area contributed by atoms with Crippen LogP contribution in [-0.4, -0.2) is 47.8 Å². The van der Waals surface area contributed by atoms with Gasteiger partial charge in [0.05, 0.1) is 5.52 Å². The highest BCUT2D eigenvalue weighted by atomic mass is 19.1. The third-order valence-corrected chi connectivity index (χ3v) is 5.92. The van der Waals surface area contributed by atoms with Crippen molar-refractivity contribution < 1.29 is 14.0 Å². The first-order valence-corrected chi connectivity index (χ1v) is 10.6. The first-order valence-electron chi connectivity index (χ1n) is 10.6. The number of hydrogen-bond acceptors (Lipinski definition) is 4. The molecule has 0 bridgehead atoms.